The van der Waals surface area contributed by atoms with Crippen molar-refractivity contribution in [1.29, 1.82) is 0 Å². The highest BCUT2D eigenvalue weighted by atomic mass is 16.1. The van der Waals surface area contributed by atoms with Gasteiger partial charge >= 0.3 is 0 Å². The van der Waals surface area contributed by atoms with E-state index in [0.29, 0.717) is 5.92 Å². The first-order valence-electron chi connectivity index (χ1n) is 5.36. The summed E-state index contributed by atoms with van der Waals surface area (Å²) in [6, 6.07) is 0. The summed E-state index contributed by atoms with van der Waals surface area (Å²) in [4.78, 5) is 10.3. The topological polar surface area (TPSA) is 29.1 Å². The summed E-state index contributed by atoms with van der Waals surface area (Å²) in [5.74, 6) is 0.743. The summed E-state index contributed by atoms with van der Waals surface area (Å²) in [7, 11) is 0. The molecule has 2 heteroatoms. The molecule has 0 fully saturated rings. The zero-order valence-electron chi connectivity index (χ0n) is 10.7. The molecule has 0 heterocycles. The molecule has 0 aliphatic rings. The average Bonchev–Trinajstić information content (AvgIpc) is 2.08. The van der Waals surface area contributed by atoms with Crippen molar-refractivity contribution in [1.82, 2.24) is 5.32 Å². The fourth-order valence-corrected chi connectivity index (χ4v) is 0.537. The highest BCUT2D eigenvalue weighted by molar-refractivity contribution is 5.72. The molecule has 1 N–H and O–H groups in total. The Hall–Kier alpha value is -0.790. The van der Waals surface area contributed by atoms with Gasteiger partial charge in [-0.3, -0.25) is 4.79 Å². The second kappa shape index (κ2) is 18.1. The van der Waals surface area contributed by atoms with Crippen LogP contribution >= 0.6 is 0 Å². The molecular formula is C12H27NO. The molecule has 0 radical (unpaired) electrons. The Morgan fingerprint density at radius 2 is 1.79 bits per heavy atom. The van der Waals surface area contributed by atoms with E-state index in [2.05, 4.69) is 25.7 Å². The van der Waals surface area contributed by atoms with Crippen LogP contribution in [0.5, 0.6) is 0 Å². The van der Waals surface area contributed by atoms with Gasteiger partial charge in [0.15, 0.2) is 0 Å². The number of nitrogens with one attached hydrogen (secondary N) is 1. The lowest BCUT2D eigenvalue weighted by Crippen LogP contribution is -2.21. The SMILES string of the molecule is C=CC.CC.CC(=O)NCCC(C)C. The summed E-state index contributed by atoms with van der Waals surface area (Å²) in [5.41, 5.74) is 0. The molecule has 0 aliphatic carbocycles. The van der Waals surface area contributed by atoms with Gasteiger partial charge in [0.25, 0.3) is 0 Å². The zero-order chi connectivity index (χ0) is 12.0. The first-order chi connectivity index (χ1) is 6.54. The Kier molecular flexibility index (Phi) is 24.4. The molecule has 14 heavy (non-hydrogen) atoms. The molecule has 0 atom stereocenters. The molecule has 0 aromatic carbocycles. The van der Waals surface area contributed by atoms with E-state index in [1.54, 1.807) is 13.0 Å². The standard InChI is InChI=1S/C7H15NO.C3H6.C2H6/c1-6(2)4-5-8-7(3)9;1-3-2;1-2/h6H,4-5H2,1-3H3,(H,8,9);3H,1H2,2H3;1-2H3. The molecule has 0 saturated carbocycles. The molecular weight excluding hydrogens is 174 g/mol. The number of carbonyl (C=O) groups is 1. The first-order valence-corrected chi connectivity index (χ1v) is 5.36. The van der Waals surface area contributed by atoms with Crippen molar-refractivity contribution in [2.75, 3.05) is 6.54 Å². The fourth-order valence-electron chi connectivity index (χ4n) is 0.537. The lowest BCUT2D eigenvalue weighted by atomic mass is 10.1. The largest absolute Gasteiger partial charge is 0.356 e. The van der Waals surface area contributed by atoms with Gasteiger partial charge in [0.05, 0.1) is 0 Å². The van der Waals surface area contributed by atoms with Gasteiger partial charge in [0.1, 0.15) is 0 Å². The molecule has 0 rings (SSSR count). The summed E-state index contributed by atoms with van der Waals surface area (Å²) in [6.07, 6.45) is 2.82. The van der Waals surface area contributed by atoms with Crippen LogP contribution in [0.4, 0.5) is 0 Å². The van der Waals surface area contributed by atoms with Crippen LogP contribution in [0, 0.1) is 5.92 Å². The Bertz CT molecular complexity index is 119. The molecule has 1 amide bonds. The van der Waals surface area contributed by atoms with Gasteiger partial charge in [-0.25, -0.2) is 0 Å². The monoisotopic (exact) mass is 201 g/mol. The van der Waals surface area contributed by atoms with Crippen LogP contribution in [0.15, 0.2) is 12.7 Å². The number of amides is 1. The van der Waals surface area contributed by atoms with Gasteiger partial charge in [-0.2, -0.15) is 0 Å². The Morgan fingerprint density at radius 1 is 1.43 bits per heavy atom. The van der Waals surface area contributed by atoms with Crippen molar-refractivity contribution in [2.45, 2.75) is 48.0 Å². The minimum Gasteiger partial charge on any atom is -0.356 e. The summed E-state index contributed by atoms with van der Waals surface area (Å²) in [6.45, 7) is 15.9. The molecule has 0 spiro atoms. The van der Waals surface area contributed by atoms with E-state index in [-0.39, 0.29) is 5.91 Å². The van der Waals surface area contributed by atoms with Crippen LogP contribution in [0.25, 0.3) is 0 Å². The molecule has 0 aliphatic heterocycles. The van der Waals surface area contributed by atoms with Crippen LogP contribution in [-0.4, -0.2) is 12.5 Å². The van der Waals surface area contributed by atoms with Crippen LogP contribution in [0.2, 0.25) is 0 Å². The third-order valence-electron chi connectivity index (χ3n) is 1.10. The highest BCUT2D eigenvalue weighted by Crippen LogP contribution is 1.95. The maximum Gasteiger partial charge on any atom is 0.216 e. The predicted octanol–water partition coefficient (Wildman–Crippen LogP) is 3.39. The average molecular weight is 201 g/mol. The number of rotatable bonds is 3. The van der Waals surface area contributed by atoms with Crippen molar-refractivity contribution < 1.29 is 4.79 Å². The normalized spacial score (nSPS) is 7.64. The van der Waals surface area contributed by atoms with Crippen molar-refractivity contribution in [3.05, 3.63) is 12.7 Å². The molecule has 0 aromatic rings. The van der Waals surface area contributed by atoms with E-state index >= 15 is 0 Å². The van der Waals surface area contributed by atoms with Crippen LogP contribution in [0.3, 0.4) is 0 Å². The maximum absolute atomic E-state index is 10.3. The Morgan fingerprint density at radius 3 is 2.00 bits per heavy atom. The van der Waals surface area contributed by atoms with E-state index < -0.39 is 0 Å². The number of hydrogen-bond acceptors (Lipinski definition) is 1. The molecule has 2 nitrogen and oxygen atoms in total. The van der Waals surface area contributed by atoms with Gasteiger partial charge in [0.2, 0.25) is 5.91 Å². The van der Waals surface area contributed by atoms with Crippen LogP contribution in [0.1, 0.15) is 48.0 Å². The van der Waals surface area contributed by atoms with E-state index in [1.807, 2.05) is 20.8 Å². The quantitative estimate of drug-likeness (QED) is 0.697. The summed E-state index contributed by atoms with van der Waals surface area (Å²) < 4.78 is 0. The molecule has 86 valence electrons. The van der Waals surface area contributed by atoms with Gasteiger partial charge in [0, 0.05) is 13.5 Å². The maximum atomic E-state index is 10.3. The van der Waals surface area contributed by atoms with Crippen molar-refractivity contribution >= 4 is 5.91 Å². The van der Waals surface area contributed by atoms with Crippen LogP contribution < -0.4 is 5.32 Å². The fraction of sp³-hybridized carbons (Fsp3) is 0.750. The van der Waals surface area contributed by atoms with Crippen molar-refractivity contribution in [2.24, 2.45) is 5.92 Å². The second-order valence-electron chi connectivity index (χ2n) is 3.07. The van der Waals surface area contributed by atoms with E-state index in [0.717, 1.165) is 13.0 Å². The summed E-state index contributed by atoms with van der Waals surface area (Å²) >= 11 is 0. The minimum absolute atomic E-state index is 0.0654. The number of allylic oxidation sites excluding steroid dienone is 1. The Labute approximate surface area is 89.8 Å². The van der Waals surface area contributed by atoms with Gasteiger partial charge in [-0.15, -0.1) is 6.58 Å². The first kappa shape index (κ1) is 18.9. The van der Waals surface area contributed by atoms with E-state index in [9.17, 15) is 4.79 Å². The highest BCUT2D eigenvalue weighted by Gasteiger charge is 1.93. The lowest BCUT2D eigenvalue weighted by molar-refractivity contribution is -0.118. The van der Waals surface area contributed by atoms with Crippen molar-refractivity contribution in [3.8, 4) is 0 Å². The van der Waals surface area contributed by atoms with Gasteiger partial charge in [-0.1, -0.05) is 33.8 Å². The van der Waals surface area contributed by atoms with Crippen molar-refractivity contribution in [3.63, 3.8) is 0 Å². The third kappa shape index (κ3) is 43.1. The third-order valence-corrected chi connectivity index (χ3v) is 1.10. The van der Waals surface area contributed by atoms with Crippen LogP contribution in [-0.2, 0) is 4.79 Å². The lowest BCUT2D eigenvalue weighted by Gasteiger charge is -2.03. The predicted molar refractivity (Wildman–Crippen MR) is 65.4 cm³/mol. The summed E-state index contributed by atoms with van der Waals surface area (Å²) in [5, 5.41) is 2.74. The smallest absolute Gasteiger partial charge is 0.216 e. The molecule has 0 unspecified atom stereocenters. The Balaban J connectivity index is -0.000000205. The molecule has 0 aromatic heterocycles. The van der Waals surface area contributed by atoms with E-state index in [1.165, 1.54) is 0 Å². The number of hydrogen-bond donors (Lipinski definition) is 1. The van der Waals surface area contributed by atoms with Gasteiger partial charge < -0.3 is 5.32 Å². The second-order valence-corrected chi connectivity index (χ2v) is 3.07. The van der Waals surface area contributed by atoms with Gasteiger partial charge in [-0.05, 0) is 19.3 Å². The zero-order valence-corrected chi connectivity index (χ0v) is 10.7. The van der Waals surface area contributed by atoms with E-state index in [4.69, 9.17) is 0 Å². The molecule has 0 bridgehead atoms. The minimum atomic E-state index is 0.0654. The molecule has 0 saturated heterocycles. The number of carbonyl (C=O) groups excluding carboxylic acids is 1.